The van der Waals surface area contributed by atoms with Crippen LogP contribution in [0.1, 0.15) is 39.2 Å². The zero-order valence-electron chi connectivity index (χ0n) is 18.6. The molecule has 0 aliphatic carbocycles. The van der Waals surface area contributed by atoms with Crippen LogP contribution in [0.3, 0.4) is 0 Å². The number of hydrogen-bond donors (Lipinski definition) is 0. The van der Waals surface area contributed by atoms with E-state index in [1.54, 1.807) is 12.1 Å². The van der Waals surface area contributed by atoms with Crippen LogP contribution in [0.2, 0.25) is 5.02 Å². The van der Waals surface area contributed by atoms with Gasteiger partial charge in [-0.15, -0.1) is 0 Å². The summed E-state index contributed by atoms with van der Waals surface area (Å²) in [5.74, 6) is 1.69. The first-order valence-corrected chi connectivity index (χ1v) is 11.2. The highest BCUT2D eigenvalue weighted by Crippen LogP contribution is 2.23. The third kappa shape index (κ3) is 5.49. The monoisotopic (exact) mass is 467 g/mol. The van der Waals surface area contributed by atoms with Gasteiger partial charge < -0.3 is 4.74 Å². The van der Waals surface area contributed by atoms with Crippen molar-refractivity contribution in [3.63, 3.8) is 0 Å². The van der Waals surface area contributed by atoms with Gasteiger partial charge in [0.05, 0.1) is 23.9 Å². The lowest BCUT2D eigenvalue weighted by Gasteiger charge is -2.09. The summed E-state index contributed by atoms with van der Waals surface area (Å²) >= 11 is 6.09. The minimum atomic E-state index is -0.385. The maximum absolute atomic E-state index is 12.0. The van der Waals surface area contributed by atoms with Crippen molar-refractivity contribution < 1.29 is 14.3 Å². The highest BCUT2D eigenvalue weighted by Gasteiger charge is 2.12. The molecule has 0 atom stereocenters. The van der Waals surface area contributed by atoms with Gasteiger partial charge in [0.2, 0.25) is 0 Å². The van der Waals surface area contributed by atoms with Gasteiger partial charge in [0, 0.05) is 16.0 Å². The Balaban J connectivity index is 1.51. The number of hydrogen-bond acceptors (Lipinski definition) is 4. The molecule has 0 aliphatic heterocycles. The van der Waals surface area contributed by atoms with Crippen molar-refractivity contribution in [2.75, 3.05) is 7.11 Å². The first kappa shape index (κ1) is 23.2. The van der Waals surface area contributed by atoms with Crippen LogP contribution in [-0.2, 0) is 16.0 Å². The quantitative estimate of drug-likeness (QED) is 0.224. The van der Waals surface area contributed by atoms with Crippen molar-refractivity contribution in [2.45, 2.75) is 12.8 Å². The summed E-state index contributed by atoms with van der Waals surface area (Å²) < 4.78 is 4.86. The molecule has 168 valence electrons. The predicted octanol–water partition coefficient (Wildman–Crippen LogP) is 6.69. The molecule has 3 aromatic carbocycles. The largest absolute Gasteiger partial charge is 0.465 e. The standard InChI is InChI=1S/C29H22ClNO3/c1-34-29(33)27-8-3-2-6-21(27)10-11-24(19-32)23-7-4-5-20(17-23)9-15-26-16-13-22-12-14-25(30)18-28(22)31-26/h2-9,12-18H,10-11H2,1H3/b15-9+. The Morgan fingerprint density at radius 1 is 1.00 bits per heavy atom. The fraction of sp³-hybridized carbons (Fsp3) is 0.103. The van der Waals surface area contributed by atoms with E-state index in [1.807, 2.05) is 78.9 Å². The number of allylic oxidation sites excluding steroid dienone is 1. The molecule has 4 nitrogen and oxygen atoms in total. The second kappa shape index (κ2) is 10.8. The second-order valence-corrected chi connectivity index (χ2v) is 8.20. The third-order valence-electron chi connectivity index (χ3n) is 5.55. The zero-order valence-corrected chi connectivity index (χ0v) is 19.4. The number of ether oxygens (including phenoxy) is 1. The van der Waals surface area contributed by atoms with Crippen LogP contribution in [0.15, 0.2) is 78.9 Å². The number of carbonyl (C=O) groups excluding carboxylic acids is 2. The van der Waals surface area contributed by atoms with Gasteiger partial charge in [0.1, 0.15) is 5.94 Å². The van der Waals surface area contributed by atoms with E-state index in [0.717, 1.165) is 33.3 Å². The molecule has 34 heavy (non-hydrogen) atoms. The van der Waals surface area contributed by atoms with Gasteiger partial charge in [-0.2, -0.15) is 0 Å². The number of halogens is 1. The average Bonchev–Trinajstić information content (AvgIpc) is 2.87. The molecule has 0 unspecified atom stereocenters. The Labute approximate surface area is 203 Å². The minimum Gasteiger partial charge on any atom is -0.465 e. The van der Waals surface area contributed by atoms with Crippen molar-refractivity contribution in [1.82, 2.24) is 4.98 Å². The molecule has 0 fully saturated rings. The highest BCUT2D eigenvalue weighted by atomic mass is 35.5. The summed E-state index contributed by atoms with van der Waals surface area (Å²) in [7, 11) is 1.36. The Hall–Kier alpha value is -3.98. The molecular weight excluding hydrogens is 446 g/mol. The van der Waals surface area contributed by atoms with Gasteiger partial charge in [0.15, 0.2) is 0 Å². The van der Waals surface area contributed by atoms with E-state index in [4.69, 9.17) is 16.3 Å². The van der Waals surface area contributed by atoms with E-state index in [-0.39, 0.29) is 5.97 Å². The van der Waals surface area contributed by atoms with E-state index in [2.05, 4.69) is 10.9 Å². The van der Waals surface area contributed by atoms with Gasteiger partial charge >= 0.3 is 5.97 Å². The molecule has 5 heteroatoms. The summed E-state index contributed by atoms with van der Waals surface area (Å²) in [6.45, 7) is 0. The first-order chi connectivity index (χ1) is 16.6. The average molecular weight is 468 g/mol. The number of fused-ring (bicyclic) bond motifs is 1. The van der Waals surface area contributed by atoms with Crippen LogP contribution < -0.4 is 0 Å². The van der Waals surface area contributed by atoms with Crippen LogP contribution >= 0.6 is 11.6 Å². The smallest absolute Gasteiger partial charge is 0.338 e. The van der Waals surface area contributed by atoms with Crippen molar-refractivity contribution in [2.24, 2.45) is 0 Å². The Bertz CT molecular complexity index is 1430. The number of aromatic nitrogens is 1. The maximum Gasteiger partial charge on any atom is 0.338 e. The van der Waals surface area contributed by atoms with E-state index in [9.17, 15) is 9.59 Å². The van der Waals surface area contributed by atoms with Crippen LogP contribution in [0.25, 0.3) is 28.6 Å². The molecule has 0 saturated heterocycles. The van der Waals surface area contributed by atoms with E-state index in [1.165, 1.54) is 7.11 Å². The number of nitrogens with zero attached hydrogens (tertiary/aromatic N) is 1. The summed E-state index contributed by atoms with van der Waals surface area (Å²) in [5.41, 5.74) is 5.27. The number of methoxy groups -OCH3 is 1. The molecule has 1 aromatic heterocycles. The van der Waals surface area contributed by atoms with Gasteiger partial charge in [-0.1, -0.05) is 66.2 Å². The molecule has 0 spiro atoms. The van der Waals surface area contributed by atoms with Gasteiger partial charge in [-0.25, -0.2) is 14.6 Å². The van der Waals surface area contributed by atoms with Crippen LogP contribution in [0.4, 0.5) is 0 Å². The molecular formula is C29H22ClNO3. The highest BCUT2D eigenvalue weighted by molar-refractivity contribution is 6.31. The second-order valence-electron chi connectivity index (χ2n) is 7.76. The summed E-state index contributed by atoms with van der Waals surface area (Å²) in [6.07, 6.45) is 4.87. The van der Waals surface area contributed by atoms with Crippen molar-refractivity contribution in [3.8, 4) is 0 Å². The fourth-order valence-electron chi connectivity index (χ4n) is 3.77. The molecule has 0 saturated carbocycles. The summed E-state index contributed by atoms with van der Waals surface area (Å²) in [5, 5.41) is 1.68. The van der Waals surface area contributed by atoms with Gasteiger partial charge in [-0.05, 0) is 65.9 Å². The van der Waals surface area contributed by atoms with Gasteiger partial charge in [0.25, 0.3) is 0 Å². The molecule has 1 heterocycles. The molecule has 4 aromatic rings. The lowest BCUT2D eigenvalue weighted by molar-refractivity contribution is 0.0599. The normalized spacial score (nSPS) is 10.9. The van der Waals surface area contributed by atoms with Crippen LogP contribution in [0.5, 0.6) is 0 Å². The van der Waals surface area contributed by atoms with Crippen molar-refractivity contribution in [3.05, 3.63) is 112 Å². The maximum atomic E-state index is 12.0. The Kier molecular flexibility index (Phi) is 7.34. The number of esters is 1. The molecule has 4 rings (SSSR count). The van der Waals surface area contributed by atoms with Gasteiger partial charge in [-0.3, -0.25) is 0 Å². The van der Waals surface area contributed by atoms with Crippen LogP contribution in [0, 0.1) is 0 Å². The van der Waals surface area contributed by atoms with E-state index in [0.29, 0.717) is 29.0 Å². The molecule has 0 N–H and O–H groups in total. The first-order valence-electron chi connectivity index (χ1n) is 10.8. The molecule has 0 aliphatic rings. The zero-order chi connectivity index (χ0) is 23.9. The van der Waals surface area contributed by atoms with Crippen molar-refractivity contribution >= 4 is 52.1 Å². The third-order valence-corrected chi connectivity index (χ3v) is 5.78. The predicted molar refractivity (Wildman–Crippen MR) is 137 cm³/mol. The minimum absolute atomic E-state index is 0.385. The number of aryl methyl sites for hydroxylation is 1. The number of benzene rings is 3. The van der Waals surface area contributed by atoms with E-state index >= 15 is 0 Å². The Morgan fingerprint density at radius 2 is 1.82 bits per heavy atom. The fourth-order valence-corrected chi connectivity index (χ4v) is 3.94. The Morgan fingerprint density at radius 3 is 2.65 bits per heavy atom. The lowest BCUT2D eigenvalue weighted by atomic mass is 9.96. The van der Waals surface area contributed by atoms with Crippen LogP contribution in [-0.4, -0.2) is 24.0 Å². The number of pyridine rings is 1. The molecule has 0 radical (unpaired) electrons. The number of carbonyl (C=O) groups is 1. The summed E-state index contributed by atoms with van der Waals surface area (Å²) in [4.78, 5) is 28.4. The molecule has 0 amide bonds. The van der Waals surface area contributed by atoms with E-state index < -0.39 is 0 Å². The van der Waals surface area contributed by atoms with Crippen molar-refractivity contribution in [1.29, 1.82) is 0 Å². The lowest BCUT2D eigenvalue weighted by Crippen LogP contribution is -2.05. The topological polar surface area (TPSA) is 56.3 Å². The molecule has 0 bridgehead atoms. The summed E-state index contributed by atoms with van der Waals surface area (Å²) in [6, 6.07) is 24.6. The SMILES string of the molecule is COC(=O)c1ccccc1CCC(=C=O)c1cccc(/C=C/c2ccc3ccc(Cl)cc3n2)c1. The number of rotatable bonds is 7.